The van der Waals surface area contributed by atoms with Gasteiger partial charge in [0, 0.05) is 19.5 Å². The number of carbonyl (C=O) groups excluding carboxylic acids is 1. The van der Waals surface area contributed by atoms with Crippen LogP contribution in [0, 0.1) is 11.3 Å². The zero-order valence-corrected chi connectivity index (χ0v) is 37.2. The Morgan fingerprint density at radius 3 is 2.23 bits per heavy atom. The summed E-state index contributed by atoms with van der Waals surface area (Å²) in [7, 11) is 1.64. The number of carbonyl (C=O) groups is 1. The lowest BCUT2D eigenvalue weighted by atomic mass is 9.80. The number of anilines is 1. The number of methoxy groups -OCH3 is 2. The molecule has 5 heterocycles. The SMILES string of the molecule is COc1ccc(C(OC[C@H]2O[C@@H](n3cnc4c(NC(C)=O)ncnc43)[C@H](OCOCCC#N)[C@@H]2O[P@@]2O[C@@H](c3ccccc3)[C@H]3CCCN32)(c2ccccc2)c2ccc(OC)cc2)cc1. The summed E-state index contributed by atoms with van der Waals surface area (Å²) in [5.41, 5.74) is 3.23. The minimum absolute atomic E-state index is 0.00323. The van der Waals surface area contributed by atoms with Crippen LogP contribution < -0.4 is 14.8 Å². The second-order valence-corrected chi connectivity index (χ2v) is 17.2. The molecule has 0 bridgehead atoms. The molecule has 336 valence electrons. The van der Waals surface area contributed by atoms with Crippen LogP contribution in [0.5, 0.6) is 11.5 Å². The molecule has 17 heteroatoms. The lowest BCUT2D eigenvalue weighted by Gasteiger charge is -2.37. The Labute approximate surface area is 378 Å². The average Bonchev–Trinajstić information content (AvgIpc) is 4.15. The van der Waals surface area contributed by atoms with E-state index in [-0.39, 0.29) is 50.3 Å². The molecule has 0 radical (unpaired) electrons. The smallest absolute Gasteiger partial charge is 0.260 e. The molecule has 0 aliphatic carbocycles. The van der Waals surface area contributed by atoms with Gasteiger partial charge in [0.1, 0.15) is 54.6 Å². The molecule has 1 amide bonds. The van der Waals surface area contributed by atoms with E-state index >= 15 is 0 Å². The van der Waals surface area contributed by atoms with Crippen LogP contribution in [0.25, 0.3) is 11.2 Å². The van der Waals surface area contributed by atoms with Crippen LogP contribution in [0.3, 0.4) is 0 Å². The Morgan fingerprint density at radius 1 is 0.892 bits per heavy atom. The van der Waals surface area contributed by atoms with Crippen LogP contribution in [0.2, 0.25) is 0 Å². The molecule has 4 aromatic carbocycles. The third-order valence-corrected chi connectivity index (χ3v) is 13.7. The van der Waals surface area contributed by atoms with Crippen molar-refractivity contribution in [1.82, 2.24) is 24.2 Å². The molecule has 0 unspecified atom stereocenters. The van der Waals surface area contributed by atoms with Gasteiger partial charge in [-0.05, 0) is 59.4 Å². The summed E-state index contributed by atoms with van der Waals surface area (Å²) in [6.07, 6.45) is 1.57. The number of nitriles is 1. The van der Waals surface area contributed by atoms with Gasteiger partial charge in [-0.25, -0.2) is 19.6 Å². The van der Waals surface area contributed by atoms with Gasteiger partial charge in [-0.3, -0.25) is 9.36 Å². The van der Waals surface area contributed by atoms with Gasteiger partial charge in [-0.2, -0.15) is 5.26 Å². The quantitative estimate of drug-likeness (QED) is 0.0383. The van der Waals surface area contributed by atoms with E-state index in [1.165, 1.54) is 13.3 Å². The van der Waals surface area contributed by atoms with Crippen LogP contribution in [-0.4, -0.2) is 95.2 Å². The summed E-state index contributed by atoms with van der Waals surface area (Å²) in [6.45, 7) is 2.21. The van der Waals surface area contributed by atoms with Crippen molar-refractivity contribution in [1.29, 1.82) is 5.26 Å². The number of hydrogen-bond acceptors (Lipinski definition) is 14. The van der Waals surface area contributed by atoms with Crippen molar-refractivity contribution in [3.8, 4) is 17.6 Å². The van der Waals surface area contributed by atoms with Crippen LogP contribution >= 0.6 is 8.53 Å². The van der Waals surface area contributed by atoms with E-state index in [4.69, 9.17) is 37.5 Å². The Morgan fingerprint density at radius 2 is 1.57 bits per heavy atom. The van der Waals surface area contributed by atoms with Crippen molar-refractivity contribution in [2.45, 2.75) is 68.5 Å². The first kappa shape index (κ1) is 44.3. The summed E-state index contributed by atoms with van der Waals surface area (Å²) < 4.78 is 56.6. The maximum Gasteiger partial charge on any atom is 0.260 e. The van der Waals surface area contributed by atoms with E-state index in [0.717, 1.165) is 41.6 Å². The normalized spacial score (nSPS) is 23.0. The Kier molecular flexibility index (Phi) is 13.7. The van der Waals surface area contributed by atoms with Crippen LogP contribution in [0.4, 0.5) is 5.82 Å². The van der Waals surface area contributed by atoms with Crippen molar-refractivity contribution in [3.63, 3.8) is 0 Å². The third-order valence-electron chi connectivity index (χ3n) is 11.9. The molecular weight excluding hydrogens is 850 g/mol. The highest BCUT2D eigenvalue weighted by Gasteiger charge is 2.55. The third kappa shape index (κ3) is 9.07. The van der Waals surface area contributed by atoms with Gasteiger partial charge in [0.2, 0.25) is 5.91 Å². The Bertz CT molecular complexity index is 2520. The molecule has 3 aliphatic heterocycles. The summed E-state index contributed by atoms with van der Waals surface area (Å²) >= 11 is 0. The zero-order valence-electron chi connectivity index (χ0n) is 36.3. The Balaban J connectivity index is 1.15. The van der Waals surface area contributed by atoms with E-state index in [1.54, 1.807) is 25.1 Å². The predicted octanol–water partition coefficient (Wildman–Crippen LogP) is 7.83. The molecule has 3 saturated heterocycles. The predicted molar refractivity (Wildman–Crippen MR) is 240 cm³/mol. The number of imidazole rings is 1. The van der Waals surface area contributed by atoms with Crippen molar-refractivity contribution in [3.05, 3.63) is 144 Å². The molecule has 1 N–H and O–H groups in total. The number of ether oxygens (including phenoxy) is 6. The lowest BCUT2D eigenvalue weighted by molar-refractivity contribution is -0.136. The van der Waals surface area contributed by atoms with Gasteiger partial charge >= 0.3 is 0 Å². The first-order valence-corrected chi connectivity index (χ1v) is 22.7. The van der Waals surface area contributed by atoms with Crippen LogP contribution in [0.15, 0.2) is 122 Å². The highest BCUT2D eigenvalue weighted by Crippen LogP contribution is 2.62. The second-order valence-electron chi connectivity index (χ2n) is 15.8. The molecular formula is C48H50N7O9P. The van der Waals surface area contributed by atoms with E-state index in [9.17, 15) is 10.1 Å². The number of aromatic nitrogens is 4. The molecule has 2 aromatic heterocycles. The van der Waals surface area contributed by atoms with Crippen molar-refractivity contribution < 1.29 is 42.3 Å². The van der Waals surface area contributed by atoms with Gasteiger partial charge in [-0.1, -0.05) is 84.9 Å². The fourth-order valence-corrected chi connectivity index (χ4v) is 10.9. The average molecular weight is 900 g/mol. The van der Waals surface area contributed by atoms with Crippen LogP contribution in [0.1, 0.15) is 60.8 Å². The van der Waals surface area contributed by atoms with Crippen molar-refractivity contribution in [2.75, 3.05) is 46.1 Å². The van der Waals surface area contributed by atoms with Gasteiger partial charge in [0.15, 0.2) is 23.2 Å². The molecule has 0 saturated carbocycles. The van der Waals surface area contributed by atoms with E-state index in [2.05, 4.69) is 43.1 Å². The molecule has 9 rings (SSSR count). The van der Waals surface area contributed by atoms with Gasteiger partial charge in [-0.15, -0.1) is 0 Å². The highest BCUT2D eigenvalue weighted by atomic mass is 31.2. The molecule has 3 fully saturated rings. The van der Waals surface area contributed by atoms with E-state index < -0.39 is 38.7 Å². The largest absolute Gasteiger partial charge is 0.497 e. The molecule has 0 spiro atoms. The monoisotopic (exact) mass is 899 g/mol. The fourth-order valence-electron chi connectivity index (χ4n) is 8.88. The number of rotatable bonds is 18. The van der Waals surface area contributed by atoms with Crippen molar-refractivity contribution in [2.24, 2.45) is 0 Å². The fraction of sp³-hybridized carbons (Fsp3) is 0.354. The van der Waals surface area contributed by atoms with E-state index in [0.29, 0.717) is 22.7 Å². The minimum Gasteiger partial charge on any atom is -0.497 e. The molecule has 3 aliphatic rings. The number of nitrogens with one attached hydrogen (secondary N) is 1. The molecule has 16 nitrogen and oxygen atoms in total. The molecule has 65 heavy (non-hydrogen) atoms. The number of nitrogens with zero attached hydrogens (tertiary/aromatic N) is 6. The summed E-state index contributed by atoms with van der Waals surface area (Å²) in [4.78, 5) is 25.7. The van der Waals surface area contributed by atoms with E-state index in [1.807, 2.05) is 97.1 Å². The first-order valence-electron chi connectivity index (χ1n) is 21.5. The standard InChI is InChI=1S/C48H50N7O9P/c1-32(56)53-45-41-46(51-29-50-45)54(30-52-41)47-44(60-31-59-27-11-25-49)43(64-65-55-26-10-16-39(55)42(63-65)33-12-6-4-7-13-33)40(62-47)28-61-48(34-14-8-5-9-15-34,35-17-21-37(57-2)22-18-35)36-19-23-38(58-3)24-20-36/h4-9,12-15,17-24,29-30,39-40,42-44,47H,10-11,16,26-28,31H2,1-3H3,(H,50,51,53,56)/t39-,40-,42+,43-,44-,47-,65-/m1/s1. The minimum atomic E-state index is -1.64. The maximum atomic E-state index is 12.2. The van der Waals surface area contributed by atoms with Gasteiger partial charge < -0.3 is 42.8 Å². The zero-order chi connectivity index (χ0) is 44.8. The van der Waals surface area contributed by atoms with Crippen LogP contribution in [-0.2, 0) is 38.4 Å². The highest BCUT2D eigenvalue weighted by molar-refractivity contribution is 7.45. The van der Waals surface area contributed by atoms with Gasteiger partial charge in [0.05, 0.1) is 46.3 Å². The lowest BCUT2D eigenvalue weighted by Crippen LogP contribution is -2.41. The summed E-state index contributed by atoms with van der Waals surface area (Å²) in [6, 6.07) is 38.2. The summed E-state index contributed by atoms with van der Waals surface area (Å²) in [5.74, 6) is 1.35. The topological polar surface area (TPSA) is 174 Å². The number of amides is 1. The van der Waals surface area contributed by atoms with Crippen molar-refractivity contribution >= 4 is 31.4 Å². The summed E-state index contributed by atoms with van der Waals surface area (Å²) in [5, 5.41) is 12.0. The van der Waals surface area contributed by atoms with Gasteiger partial charge in [0.25, 0.3) is 8.53 Å². The first-order chi connectivity index (χ1) is 31.9. The Hall–Kier alpha value is -5.86. The molecule has 7 atom stereocenters. The molecule has 6 aromatic rings. The second kappa shape index (κ2) is 20.1. The number of fused-ring (bicyclic) bond motifs is 2. The number of benzene rings is 4. The number of hydrogen-bond donors (Lipinski definition) is 1. The maximum absolute atomic E-state index is 12.2.